The first-order valence-electron chi connectivity index (χ1n) is 6.18. The van der Waals surface area contributed by atoms with E-state index in [1.54, 1.807) is 17.9 Å². The number of aliphatic hydroxyl groups is 1. The molecule has 0 aliphatic carbocycles. The third-order valence-corrected chi connectivity index (χ3v) is 3.50. The second-order valence-electron chi connectivity index (χ2n) is 4.95. The van der Waals surface area contributed by atoms with E-state index in [2.05, 4.69) is 4.98 Å². The zero-order valence-corrected chi connectivity index (χ0v) is 10.8. The first-order valence-corrected chi connectivity index (χ1v) is 6.18. The molecule has 2 heterocycles. The molecule has 2 unspecified atom stereocenters. The van der Waals surface area contributed by atoms with Crippen LogP contribution in [0, 0.1) is 12.8 Å². The number of aromatic nitrogens is 1. The summed E-state index contributed by atoms with van der Waals surface area (Å²) in [6, 6.07) is 1.70. The SMILES string of the molecule is Cc1cc(N)c(C(=O)N2CCC(C(C)O)C2)cn1. The highest BCUT2D eigenvalue weighted by Gasteiger charge is 2.30. The van der Waals surface area contributed by atoms with Gasteiger partial charge in [-0.25, -0.2) is 0 Å². The molecule has 1 aliphatic heterocycles. The third-order valence-electron chi connectivity index (χ3n) is 3.50. The van der Waals surface area contributed by atoms with Crippen LogP contribution < -0.4 is 5.73 Å². The van der Waals surface area contributed by atoms with Crippen molar-refractivity contribution in [1.82, 2.24) is 9.88 Å². The molecule has 0 spiro atoms. The van der Waals surface area contributed by atoms with E-state index in [1.165, 1.54) is 6.20 Å². The van der Waals surface area contributed by atoms with Gasteiger partial charge < -0.3 is 15.7 Å². The molecule has 1 saturated heterocycles. The van der Waals surface area contributed by atoms with Crippen LogP contribution >= 0.6 is 0 Å². The van der Waals surface area contributed by atoms with Gasteiger partial charge in [-0.2, -0.15) is 0 Å². The Labute approximate surface area is 107 Å². The summed E-state index contributed by atoms with van der Waals surface area (Å²) < 4.78 is 0. The molecule has 3 N–H and O–H groups in total. The van der Waals surface area contributed by atoms with Crippen molar-refractivity contribution in [3.05, 3.63) is 23.5 Å². The van der Waals surface area contributed by atoms with Gasteiger partial charge in [-0.1, -0.05) is 0 Å². The van der Waals surface area contributed by atoms with E-state index in [4.69, 9.17) is 5.73 Å². The van der Waals surface area contributed by atoms with Gasteiger partial charge in [-0.05, 0) is 26.3 Å². The summed E-state index contributed by atoms with van der Waals surface area (Å²) in [5, 5.41) is 9.54. The van der Waals surface area contributed by atoms with Crippen LogP contribution in [0.15, 0.2) is 12.3 Å². The summed E-state index contributed by atoms with van der Waals surface area (Å²) >= 11 is 0. The molecule has 1 aromatic rings. The van der Waals surface area contributed by atoms with Gasteiger partial charge in [0.15, 0.2) is 0 Å². The van der Waals surface area contributed by atoms with Crippen molar-refractivity contribution in [1.29, 1.82) is 0 Å². The largest absolute Gasteiger partial charge is 0.398 e. The van der Waals surface area contributed by atoms with Gasteiger partial charge in [0.25, 0.3) is 5.91 Å². The second-order valence-corrected chi connectivity index (χ2v) is 4.95. The normalized spacial score (nSPS) is 21.1. The predicted octanol–water partition coefficient (Wildman–Crippen LogP) is 0.815. The summed E-state index contributed by atoms with van der Waals surface area (Å²) in [6.45, 7) is 4.86. The van der Waals surface area contributed by atoms with E-state index in [9.17, 15) is 9.90 Å². The van der Waals surface area contributed by atoms with Crippen LogP contribution in [-0.4, -0.2) is 40.1 Å². The lowest BCUT2D eigenvalue weighted by Gasteiger charge is -2.18. The van der Waals surface area contributed by atoms with Crippen molar-refractivity contribution >= 4 is 11.6 Å². The molecular weight excluding hydrogens is 230 g/mol. The van der Waals surface area contributed by atoms with Gasteiger partial charge in [-0.3, -0.25) is 9.78 Å². The molecule has 0 aromatic carbocycles. The van der Waals surface area contributed by atoms with Crippen LogP contribution in [0.3, 0.4) is 0 Å². The van der Waals surface area contributed by atoms with Gasteiger partial charge in [0.2, 0.25) is 0 Å². The molecule has 1 aromatic heterocycles. The monoisotopic (exact) mass is 249 g/mol. The molecule has 1 fully saturated rings. The highest BCUT2D eigenvalue weighted by Crippen LogP contribution is 2.23. The average Bonchev–Trinajstić information content (AvgIpc) is 2.77. The number of anilines is 1. The molecule has 98 valence electrons. The third kappa shape index (κ3) is 2.46. The van der Waals surface area contributed by atoms with Crippen LogP contribution in [-0.2, 0) is 0 Å². The number of aryl methyl sites for hydroxylation is 1. The minimum atomic E-state index is -0.378. The zero-order valence-electron chi connectivity index (χ0n) is 10.8. The van der Waals surface area contributed by atoms with Crippen molar-refractivity contribution in [3.63, 3.8) is 0 Å². The molecular formula is C13H19N3O2. The summed E-state index contributed by atoms with van der Waals surface area (Å²) in [4.78, 5) is 18.1. The highest BCUT2D eigenvalue weighted by atomic mass is 16.3. The maximum absolute atomic E-state index is 12.3. The van der Waals surface area contributed by atoms with Crippen molar-refractivity contribution in [3.8, 4) is 0 Å². The quantitative estimate of drug-likeness (QED) is 0.813. The number of carbonyl (C=O) groups is 1. The fraction of sp³-hybridized carbons (Fsp3) is 0.538. The molecule has 5 nitrogen and oxygen atoms in total. The summed E-state index contributed by atoms with van der Waals surface area (Å²) in [7, 11) is 0. The van der Waals surface area contributed by atoms with Crippen LogP contribution in [0.1, 0.15) is 29.4 Å². The van der Waals surface area contributed by atoms with Crippen molar-refractivity contribution in [2.45, 2.75) is 26.4 Å². The lowest BCUT2D eigenvalue weighted by atomic mass is 10.0. The fourth-order valence-electron chi connectivity index (χ4n) is 2.30. The highest BCUT2D eigenvalue weighted by molar-refractivity contribution is 5.99. The molecule has 0 saturated carbocycles. The predicted molar refractivity (Wildman–Crippen MR) is 69.1 cm³/mol. The summed E-state index contributed by atoms with van der Waals surface area (Å²) in [5.41, 5.74) is 7.56. The van der Waals surface area contributed by atoms with Gasteiger partial charge in [0, 0.05) is 36.6 Å². The van der Waals surface area contributed by atoms with Crippen molar-refractivity contribution in [2.24, 2.45) is 5.92 Å². The lowest BCUT2D eigenvalue weighted by Crippen LogP contribution is -2.31. The first-order chi connectivity index (χ1) is 8.49. The number of likely N-dealkylation sites (tertiary alicyclic amines) is 1. The Morgan fingerprint density at radius 1 is 1.67 bits per heavy atom. The van der Waals surface area contributed by atoms with E-state index in [0.29, 0.717) is 24.3 Å². The molecule has 2 rings (SSSR count). The van der Waals surface area contributed by atoms with Crippen molar-refractivity contribution < 1.29 is 9.90 Å². The van der Waals surface area contributed by atoms with Gasteiger partial charge in [0.05, 0.1) is 11.7 Å². The maximum Gasteiger partial charge on any atom is 0.257 e. The number of hydrogen-bond donors (Lipinski definition) is 2. The Morgan fingerprint density at radius 2 is 2.39 bits per heavy atom. The Hall–Kier alpha value is -1.62. The Morgan fingerprint density at radius 3 is 2.94 bits per heavy atom. The van der Waals surface area contributed by atoms with E-state index < -0.39 is 0 Å². The number of hydrogen-bond acceptors (Lipinski definition) is 4. The number of rotatable bonds is 2. The van der Waals surface area contributed by atoms with Gasteiger partial charge in [-0.15, -0.1) is 0 Å². The number of aliphatic hydroxyl groups excluding tert-OH is 1. The van der Waals surface area contributed by atoms with Crippen LogP contribution in [0.5, 0.6) is 0 Å². The number of nitrogens with zero attached hydrogens (tertiary/aromatic N) is 2. The van der Waals surface area contributed by atoms with Crippen molar-refractivity contribution in [2.75, 3.05) is 18.8 Å². The van der Waals surface area contributed by atoms with E-state index in [-0.39, 0.29) is 17.9 Å². The van der Waals surface area contributed by atoms with Crippen LogP contribution in [0.2, 0.25) is 0 Å². The number of amides is 1. The number of pyridine rings is 1. The maximum atomic E-state index is 12.3. The van der Waals surface area contributed by atoms with E-state index >= 15 is 0 Å². The summed E-state index contributed by atoms with van der Waals surface area (Å²) in [5.74, 6) is 0.0664. The molecule has 2 atom stereocenters. The molecule has 0 bridgehead atoms. The number of nitrogen functional groups attached to an aromatic ring is 1. The standard InChI is InChI=1S/C13H19N3O2/c1-8-5-12(14)11(6-15-8)13(18)16-4-3-10(7-16)9(2)17/h5-6,9-10,17H,3-4,7H2,1-2H3,(H2,14,15). The van der Waals surface area contributed by atoms with Crippen LogP contribution in [0.25, 0.3) is 0 Å². The zero-order chi connectivity index (χ0) is 13.3. The minimum Gasteiger partial charge on any atom is -0.398 e. The van der Waals surface area contributed by atoms with Crippen LogP contribution in [0.4, 0.5) is 5.69 Å². The lowest BCUT2D eigenvalue weighted by molar-refractivity contribution is 0.0763. The minimum absolute atomic E-state index is 0.0943. The average molecular weight is 249 g/mol. The van der Waals surface area contributed by atoms with E-state index in [1.807, 2.05) is 6.92 Å². The number of carbonyl (C=O) groups excluding carboxylic acids is 1. The Bertz CT molecular complexity index is 460. The van der Waals surface area contributed by atoms with Gasteiger partial charge in [0.1, 0.15) is 0 Å². The topological polar surface area (TPSA) is 79.5 Å². The Kier molecular flexibility index (Phi) is 3.52. The molecule has 5 heteroatoms. The summed E-state index contributed by atoms with van der Waals surface area (Å²) in [6.07, 6.45) is 1.99. The molecule has 0 radical (unpaired) electrons. The Balaban J connectivity index is 2.13. The first kappa shape index (κ1) is 12.8. The fourth-order valence-corrected chi connectivity index (χ4v) is 2.30. The smallest absolute Gasteiger partial charge is 0.257 e. The van der Waals surface area contributed by atoms with Gasteiger partial charge >= 0.3 is 0 Å². The molecule has 1 amide bonds. The molecule has 1 aliphatic rings. The number of nitrogens with two attached hydrogens (primary N) is 1. The molecule has 18 heavy (non-hydrogen) atoms. The second kappa shape index (κ2) is 4.94. The van der Waals surface area contributed by atoms with E-state index in [0.717, 1.165) is 12.1 Å².